The van der Waals surface area contributed by atoms with Gasteiger partial charge < -0.3 is 10.2 Å². The van der Waals surface area contributed by atoms with E-state index in [1.807, 2.05) is 30.3 Å². The van der Waals surface area contributed by atoms with Crippen molar-refractivity contribution in [2.45, 2.75) is 25.9 Å². The highest BCUT2D eigenvalue weighted by Gasteiger charge is 2.33. The maximum atomic E-state index is 13.9. The number of nitrogens with one attached hydrogen (secondary N) is 1. The summed E-state index contributed by atoms with van der Waals surface area (Å²) in [5, 5.41) is 3.35. The molecule has 38 heavy (non-hydrogen) atoms. The summed E-state index contributed by atoms with van der Waals surface area (Å²) in [6.45, 7) is 1.51. The van der Waals surface area contributed by atoms with Crippen LogP contribution in [0.25, 0.3) is 0 Å². The van der Waals surface area contributed by atoms with Gasteiger partial charge in [-0.15, -0.1) is 0 Å². The maximum absolute atomic E-state index is 13.9. The van der Waals surface area contributed by atoms with Crippen molar-refractivity contribution in [1.29, 1.82) is 0 Å². The molecule has 202 valence electrons. The van der Waals surface area contributed by atoms with Gasteiger partial charge in [-0.3, -0.25) is 13.9 Å². The maximum Gasteiger partial charge on any atom is 0.244 e. The molecule has 0 spiro atoms. The van der Waals surface area contributed by atoms with E-state index < -0.39 is 28.5 Å². The van der Waals surface area contributed by atoms with E-state index in [4.69, 9.17) is 34.8 Å². The fraction of sp³-hybridized carbons (Fsp3) is 0.259. The summed E-state index contributed by atoms with van der Waals surface area (Å²) in [5.41, 5.74) is 1.50. The SMILES string of the molecule is CCNC(=O)[C@H](Cc1ccccc1)N(Cc1ccccc1Cl)C(=O)CN(c1cccc(Cl)c1Cl)S(C)(=O)=O. The monoisotopic (exact) mass is 595 g/mol. The quantitative estimate of drug-likeness (QED) is 0.330. The van der Waals surface area contributed by atoms with E-state index in [1.54, 1.807) is 37.3 Å². The first-order valence-corrected chi connectivity index (χ1v) is 14.8. The van der Waals surface area contributed by atoms with Crippen molar-refractivity contribution in [1.82, 2.24) is 10.2 Å². The van der Waals surface area contributed by atoms with Crippen LogP contribution in [0.2, 0.25) is 15.1 Å². The summed E-state index contributed by atoms with van der Waals surface area (Å²) >= 11 is 18.9. The van der Waals surface area contributed by atoms with Gasteiger partial charge in [0, 0.05) is 24.5 Å². The molecule has 0 aliphatic rings. The molecule has 0 heterocycles. The summed E-state index contributed by atoms with van der Waals surface area (Å²) in [7, 11) is -3.97. The molecule has 0 radical (unpaired) electrons. The summed E-state index contributed by atoms with van der Waals surface area (Å²) < 4.78 is 26.5. The number of anilines is 1. The van der Waals surface area contributed by atoms with E-state index in [1.165, 1.54) is 17.0 Å². The van der Waals surface area contributed by atoms with Crippen molar-refractivity contribution in [2.75, 3.05) is 23.7 Å². The van der Waals surface area contributed by atoms with E-state index >= 15 is 0 Å². The molecule has 0 aliphatic carbocycles. The van der Waals surface area contributed by atoms with E-state index in [0.717, 1.165) is 16.1 Å². The number of carbonyl (C=O) groups excluding carboxylic acids is 2. The van der Waals surface area contributed by atoms with E-state index in [9.17, 15) is 18.0 Å². The van der Waals surface area contributed by atoms with E-state index in [-0.39, 0.29) is 34.6 Å². The number of likely N-dealkylation sites (N-methyl/N-ethyl adjacent to an activating group) is 1. The van der Waals surface area contributed by atoms with Gasteiger partial charge in [-0.1, -0.05) is 89.4 Å². The highest BCUT2D eigenvalue weighted by molar-refractivity contribution is 7.92. The molecule has 3 rings (SSSR count). The zero-order chi connectivity index (χ0) is 27.9. The fourth-order valence-electron chi connectivity index (χ4n) is 3.94. The van der Waals surface area contributed by atoms with E-state index in [2.05, 4.69) is 5.32 Å². The Balaban J connectivity index is 2.08. The standard InChI is InChI=1S/C27H28Cl3N3O4S/c1-3-31-27(35)24(16-19-10-5-4-6-11-19)32(17-20-12-7-8-13-21(20)28)25(34)18-33(38(2,36)37)23-15-9-14-22(29)26(23)30/h4-15,24H,3,16-18H2,1-2H3,(H,31,35)/t24-/m0/s1. The van der Waals surface area contributed by atoms with Gasteiger partial charge in [-0.05, 0) is 36.2 Å². The molecule has 0 unspecified atom stereocenters. The number of halogens is 3. The van der Waals surface area contributed by atoms with Crippen LogP contribution in [0.1, 0.15) is 18.1 Å². The van der Waals surface area contributed by atoms with Crippen LogP contribution in [0.4, 0.5) is 5.69 Å². The number of carbonyl (C=O) groups is 2. The Morgan fingerprint density at radius 2 is 1.53 bits per heavy atom. The van der Waals surface area contributed by atoms with Crippen molar-refractivity contribution in [2.24, 2.45) is 0 Å². The Hall–Kier alpha value is -2.78. The number of sulfonamides is 1. The van der Waals surface area contributed by atoms with Gasteiger partial charge in [0.2, 0.25) is 21.8 Å². The molecule has 7 nitrogen and oxygen atoms in total. The zero-order valence-corrected chi connectivity index (χ0v) is 24.0. The molecule has 0 saturated heterocycles. The Morgan fingerprint density at radius 3 is 2.16 bits per heavy atom. The number of nitrogens with zero attached hydrogens (tertiary/aromatic N) is 2. The molecule has 1 atom stereocenters. The second-order valence-electron chi connectivity index (χ2n) is 8.56. The van der Waals surface area contributed by atoms with Gasteiger partial charge in [0.25, 0.3) is 0 Å². The molecule has 2 amide bonds. The second kappa shape index (κ2) is 13.3. The third-order valence-corrected chi connectivity index (χ3v) is 8.10. The van der Waals surface area contributed by atoms with Gasteiger partial charge in [0.05, 0.1) is 22.0 Å². The smallest absolute Gasteiger partial charge is 0.244 e. The van der Waals surface area contributed by atoms with Gasteiger partial charge in [0.15, 0.2) is 0 Å². The molecule has 1 N–H and O–H groups in total. The van der Waals surface area contributed by atoms with Crippen LogP contribution in [0.15, 0.2) is 72.8 Å². The van der Waals surface area contributed by atoms with Crippen molar-refractivity contribution in [3.05, 3.63) is 99.0 Å². The number of hydrogen-bond acceptors (Lipinski definition) is 4. The van der Waals surface area contributed by atoms with Crippen LogP contribution in [0, 0.1) is 0 Å². The Labute approximate surface area is 238 Å². The molecule has 0 bridgehead atoms. The first kappa shape index (κ1) is 29.8. The van der Waals surface area contributed by atoms with Crippen LogP contribution in [-0.2, 0) is 32.6 Å². The summed E-state index contributed by atoms with van der Waals surface area (Å²) in [4.78, 5) is 28.6. The molecule has 0 aliphatic heterocycles. The predicted molar refractivity (Wildman–Crippen MR) is 153 cm³/mol. The van der Waals surface area contributed by atoms with Crippen LogP contribution >= 0.6 is 34.8 Å². The topological polar surface area (TPSA) is 86.8 Å². The number of rotatable bonds is 11. The van der Waals surface area contributed by atoms with Crippen LogP contribution in [0.3, 0.4) is 0 Å². The van der Waals surface area contributed by atoms with Gasteiger partial charge in [-0.25, -0.2) is 8.42 Å². The van der Waals surface area contributed by atoms with Crippen LogP contribution in [0.5, 0.6) is 0 Å². The van der Waals surface area contributed by atoms with Gasteiger partial charge in [0.1, 0.15) is 12.6 Å². The second-order valence-corrected chi connectivity index (χ2v) is 11.7. The minimum Gasteiger partial charge on any atom is -0.355 e. The van der Waals surface area contributed by atoms with Crippen molar-refractivity contribution in [3.8, 4) is 0 Å². The van der Waals surface area contributed by atoms with E-state index in [0.29, 0.717) is 17.1 Å². The molecule has 0 aromatic heterocycles. The van der Waals surface area contributed by atoms with Gasteiger partial charge in [-0.2, -0.15) is 0 Å². The lowest BCUT2D eigenvalue weighted by molar-refractivity contribution is -0.140. The summed E-state index contributed by atoms with van der Waals surface area (Å²) in [5.74, 6) is -0.984. The molecule has 0 saturated carbocycles. The third kappa shape index (κ3) is 7.63. The van der Waals surface area contributed by atoms with Crippen molar-refractivity contribution >= 4 is 62.3 Å². The zero-order valence-electron chi connectivity index (χ0n) is 20.9. The van der Waals surface area contributed by atoms with Crippen LogP contribution < -0.4 is 9.62 Å². The average molecular weight is 597 g/mol. The molecular formula is C27H28Cl3N3O4S. The number of hydrogen-bond donors (Lipinski definition) is 1. The predicted octanol–water partition coefficient (Wildman–Crippen LogP) is 5.19. The van der Waals surface area contributed by atoms with Crippen LogP contribution in [-0.4, -0.2) is 50.5 Å². The normalized spacial score (nSPS) is 12.0. The van der Waals surface area contributed by atoms with Crippen molar-refractivity contribution < 1.29 is 18.0 Å². The Morgan fingerprint density at radius 1 is 0.895 bits per heavy atom. The largest absolute Gasteiger partial charge is 0.355 e. The highest BCUT2D eigenvalue weighted by atomic mass is 35.5. The lowest BCUT2D eigenvalue weighted by atomic mass is 10.0. The third-order valence-electron chi connectivity index (χ3n) is 5.80. The Bertz CT molecular complexity index is 1390. The summed E-state index contributed by atoms with van der Waals surface area (Å²) in [6, 6.07) is 19.8. The Kier molecular flexibility index (Phi) is 10.4. The number of benzene rings is 3. The highest BCUT2D eigenvalue weighted by Crippen LogP contribution is 2.34. The average Bonchev–Trinajstić information content (AvgIpc) is 2.87. The lowest BCUT2D eigenvalue weighted by Gasteiger charge is -2.33. The first-order valence-electron chi connectivity index (χ1n) is 11.8. The fourth-order valence-corrected chi connectivity index (χ4v) is 5.43. The summed E-state index contributed by atoms with van der Waals surface area (Å²) in [6.07, 6.45) is 1.18. The first-order chi connectivity index (χ1) is 18.0. The van der Waals surface area contributed by atoms with Crippen molar-refractivity contribution in [3.63, 3.8) is 0 Å². The van der Waals surface area contributed by atoms with Gasteiger partial charge >= 0.3 is 0 Å². The molecular weight excluding hydrogens is 569 g/mol. The minimum absolute atomic E-state index is 0.00499. The molecule has 0 fully saturated rings. The number of amides is 2. The molecule has 3 aromatic rings. The lowest BCUT2D eigenvalue weighted by Crippen LogP contribution is -2.53. The minimum atomic E-state index is -3.97. The molecule has 3 aromatic carbocycles. The molecule has 11 heteroatoms.